The van der Waals surface area contributed by atoms with Crippen LogP contribution in [-0.2, 0) is 14.3 Å². The number of esters is 1. The Hall–Kier alpha value is -3.15. The van der Waals surface area contributed by atoms with E-state index in [4.69, 9.17) is 4.74 Å². The van der Waals surface area contributed by atoms with Crippen molar-refractivity contribution in [2.45, 2.75) is 50.6 Å². The van der Waals surface area contributed by atoms with E-state index in [1.165, 1.54) is 7.11 Å². The van der Waals surface area contributed by atoms with Crippen LogP contribution in [0.25, 0.3) is 0 Å². The van der Waals surface area contributed by atoms with Gasteiger partial charge in [0.05, 0.1) is 19.6 Å². The molecule has 0 heterocycles. The summed E-state index contributed by atoms with van der Waals surface area (Å²) in [6, 6.07) is 17.7. The standard InChI is InChI=1S/C25H30N2O4/c1-18-13-15-25(16-14-18,24(30)31-2)27-22(28)17-21(19-9-5-3-6-10-19)26-23(29)20-11-7-4-8-12-20/h3-12,18,21H,13-17H2,1-2H3,(H,26,29)(H,27,28). The van der Waals surface area contributed by atoms with E-state index >= 15 is 0 Å². The lowest BCUT2D eigenvalue weighted by molar-refractivity contribution is -0.153. The largest absolute Gasteiger partial charge is 0.467 e. The minimum absolute atomic E-state index is 0.0247. The molecule has 6 heteroatoms. The van der Waals surface area contributed by atoms with Gasteiger partial charge in [-0.1, -0.05) is 55.5 Å². The quantitative estimate of drug-likeness (QED) is 0.665. The van der Waals surface area contributed by atoms with Crippen LogP contribution in [-0.4, -0.2) is 30.4 Å². The zero-order chi connectivity index (χ0) is 22.3. The van der Waals surface area contributed by atoms with Gasteiger partial charge in [-0.2, -0.15) is 0 Å². The molecule has 3 rings (SSSR count). The third-order valence-electron chi connectivity index (χ3n) is 6.02. The van der Waals surface area contributed by atoms with Crippen molar-refractivity contribution in [3.05, 3.63) is 71.8 Å². The number of carbonyl (C=O) groups excluding carboxylic acids is 3. The van der Waals surface area contributed by atoms with Crippen LogP contribution in [0.1, 0.15) is 61.0 Å². The molecule has 0 aromatic heterocycles. The van der Waals surface area contributed by atoms with E-state index in [1.54, 1.807) is 24.3 Å². The molecule has 2 aromatic carbocycles. The van der Waals surface area contributed by atoms with Crippen molar-refractivity contribution >= 4 is 17.8 Å². The number of nitrogens with one attached hydrogen (secondary N) is 2. The first kappa shape index (κ1) is 22.5. The maximum Gasteiger partial charge on any atom is 0.331 e. The van der Waals surface area contributed by atoms with Gasteiger partial charge in [-0.25, -0.2) is 4.79 Å². The molecule has 0 bridgehead atoms. The van der Waals surface area contributed by atoms with E-state index in [0.717, 1.165) is 18.4 Å². The molecular weight excluding hydrogens is 392 g/mol. The number of hydrogen-bond donors (Lipinski definition) is 2. The van der Waals surface area contributed by atoms with Gasteiger partial charge in [0, 0.05) is 5.56 Å². The summed E-state index contributed by atoms with van der Waals surface area (Å²) >= 11 is 0. The molecule has 0 aliphatic heterocycles. The van der Waals surface area contributed by atoms with Crippen LogP contribution < -0.4 is 10.6 Å². The van der Waals surface area contributed by atoms with Gasteiger partial charge in [0.2, 0.25) is 5.91 Å². The highest BCUT2D eigenvalue weighted by Crippen LogP contribution is 2.33. The van der Waals surface area contributed by atoms with Crippen LogP contribution in [0.5, 0.6) is 0 Å². The van der Waals surface area contributed by atoms with Gasteiger partial charge in [-0.3, -0.25) is 9.59 Å². The SMILES string of the molecule is COC(=O)C1(NC(=O)CC(NC(=O)c2ccccc2)c2ccccc2)CCC(C)CC1. The van der Waals surface area contributed by atoms with E-state index in [1.807, 2.05) is 36.4 Å². The molecule has 1 fully saturated rings. The lowest BCUT2D eigenvalue weighted by atomic mass is 9.77. The lowest BCUT2D eigenvalue weighted by Gasteiger charge is -2.37. The maximum atomic E-state index is 13.0. The van der Waals surface area contributed by atoms with Gasteiger partial charge in [0.15, 0.2) is 0 Å². The number of amides is 2. The van der Waals surface area contributed by atoms with Crippen LogP contribution in [0.4, 0.5) is 0 Å². The van der Waals surface area contributed by atoms with E-state index in [9.17, 15) is 14.4 Å². The zero-order valence-corrected chi connectivity index (χ0v) is 18.1. The minimum Gasteiger partial charge on any atom is -0.467 e. The molecule has 31 heavy (non-hydrogen) atoms. The Morgan fingerprint density at radius 2 is 1.58 bits per heavy atom. The maximum absolute atomic E-state index is 13.0. The molecule has 1 aliphatic rings. The number of benzene rings is 2. The number of hydrogen-bond acceptors (Lipinski definition) is 4. The van der Waals surface area contributed by atoms with Crippen molar-refractivity contribution in [1.82, 2.24) is 10.6 Å². The summed E-state index contributed by atoms with van der Waals surface area (Å²) < 4.78 is 5.02. The molecule has 2 amide bonds. The van der Waals surface area contributed by atoms with Gasteiger partial charge in [-0.15, -0.1) is 0 Å². The summed E-state index contributed by atoms with van der Waals surface area (Å²) in [5.74, 6) is -0.437. The molecule has 2 aromatic rings. The molecule has 164 valence electrons. The average Bonchev–Trinajstić information content (AvgIpc) is 2.80. The van der Waals surface area contributed by atoms with Gasteiger partial charge in [0.25, 0.3) is 5.91 Å². The van der Waals surface area contributed by atoms with E-state index < -0.39 is 17.6 Å². The minimum atomic E-state index is -0.997. The molecule has 1 saturated carbocycles. The molecule has 0 spiro atoms. The Bertz CT molecular complexity index is 890. The van der Waals surface area contributed by atoms with Crippen LogP contribution in [0.15, 0.2) is 60.7 Å². The predicted octanol–water partition coefficient (Wildman–Crippen LogP) is 3.79. The highest BCUT2D eigenvalue weighted by atomic mass is 16.5. The summed E-state index contributed by atoms with van der Waals surface area (Å²) in [6.45, 7) is 2.15. The first-order chi connectivity index (χ1) is 14.9. The highest BCUT2D eigenvalue weighted by molar-refractivity contribution is 5.95. The normalized spacial score (nSPS) is 21.5. The first-order valence-electron chi connectivity index (χ1n) is 10.7. The average molecular weight is 423 g/mol. The zero-order valence-electron chi connectivity index (χ0n) is 18.1. The van der Waals surface area contributed by atoms with Crippen LogP contribution in [0.3, 0.4) is 0 Å². The molecule has 6 nitrogen and oxygen atoms in total. The van der Waals surface area contributed by atoms with Crippen molar-refractivity contribution in [2.75, 3.05) is 7.11 Å². The molecule has 2 N–H and O–H groups in total. The monoisotopic (exact) mass is 422 g/mol. The van der Waals surface area contributed by atoms with Crippen LogP contribution >= 0.6 is 0 Å². The second-order valence-corrected chi connectivity index (χ2v) is 8.31. The number of ether oxygens (including phenoxy) is 1. The summed E-state index contributed by atoms with van der Waals surface area (Å²) in [5.41, 5.74) is 0.352. The van der Waals surface area contributed by atoms with Crippen molar-refractivity contribution in [2.24, 2.45) is 5.92 Å². The first-order valence-corrected chi connectivity index (χ1v) is 10.7. The molecule has 0 radical (unpaired) electrons. The Morgan fingerprint density at radius 1 is 1.00 bits per heavy atom. The number of carbonyl (C=O) groups is 3. The third-order valence-corrected chi connectivity index (χ3v) is 6.02. The molecule has 1 unspecified atom stereocenters. The Labute approximate surface area is 183 Å². The van der Waals surface area contributed by atoms with Crippen LogP contribution in [0, 0.1) is 5.92 Å². The molecular formula is C25H30N2O4. The molecule has 1 aliphatic carbocycles. The lowest BCUT2D eigenvalue weighted by Crippen LogP contribution is -2.57. The van der Waals surface area contributed by atoms with Gasteiger partial charge in [-0.05, 0) is 49.3 Å². The van der Waals surface area contributed by atoms with E-state index in [-0.39, 0.29) is 18.2 Å². The third kappa shape index (κ3) is 5.72. The van der Waals surface area contributed by atoms with Gasteiger partial charge >= 0.3 is 5.97 Å². The Balaban J connectivity index is 1.76. The van der Waals surface area contributed by atoms with Crippen molar-refractivity contribution < 1.29 is 19.1 Å². The Morgan fingerprint density at radius 3 is 2.16 bits per heavy atom. The van der Waals surface area contributed by atoms with Crippen LogP contribution in [0.2, 0.25) is 0 Å². The fourth-order valence-electron chi connectivity index (χ4n) is 4.10. The number of rotatable bonds is 7. The summed E-state index contributed by atoms with van der Waals surface area (Å²) in [7, 11) is 1.35. The summed E-state index contributed by atoms with van der Waals surface area (Å²) in [4.78, 5) is 38.3. The second-order valence-electron chi connectivity index (χ2n) is 8.31. The molecule has 0 saturated heterocycles. The van der Waals surface area contributed by atoms with E-state index in [0.29, 0.717) is 24.3 Å². The smallest absolute Gasteiger partial charge is 0.331 e. The number of methoxy groups -OCH3 is 1. The van der Waals surface area contributed by atoms with Crippen molar-refractivity contribution in [3.8, 4) is 0 Å². The molecule has 1 atom stereocenters. The second kappa shape index (κ2) is 10.2. The van der Waals surface area contributed by atoms with Crippen molar-refractivity contribution in [1.29, 1.82) is 0 Å². The van der Waals surface area contributed by atoms with Crippen molar-refractivity contribution in [3.63, 3.8) is 0 Å². The van der Waals surface area contributed by atoms with Gasteiger partial charge in [0.1, 0.15) is 5.54 Å². The topological polar surface area (TPSA) is 84.5 Å². The predicted molar refractivity (Wildman–Crippen MR) is 118 cm³/mol. The summed E-state index contributed by atoms with van der Waals surface area (Å²) in [6.07, 6.45) is 2.83. The Kier molecular flexibility index (Phi) is 7.45. The summed E-state index contributed by atoms with van der Waals surface area (Å²) in [5, 5.41) is 5.92. The fourth-order valence-corrected chi connectivity index (χ4v) is 4.10. The van der Waals surface area contributed by atoms with Gasteiger partial charge < -0.3 is 15.4 Å². The fraction of sp³-hybridized carbons (Fsp3) is 0.400. The highest BCUT2D eigenvalue weighted by Gasteiger charge is 2.43. The van der Waals surface area contributed by atoms with E-state index in [2.05, 4.69) is 17.6 Å².